The predicted molar refractivity (Wildman–Crippen MR) is 116 cm³/mol. The number of fused-ring (bicyclic) bond motifs is 1. The van der Waals surface area contributed by atoms with Gasteiger partial charge in [-0.1, -0.05) is 49.0 Å². The first-order valence-electron chi connectivity index (χ1n) is 9.59. The maximum Gasteiger partial charge on any atom is 0.254 e. The minimum atomic E-state index is -0.212. The van der Waals surface area contributed by atoms with Gasteiger partial charge in [-0.2, -0.15) is 0 Å². The first-order valence-corrected chi connectivity index (χ1v) is 10.5. The van der Waals surface area contributed by atoms with Crippen LogP contribution in [0.15, 0.2) is 78.7 Å². The first-order chi connectivity index (χ1) is 14.2. The zero-order valence-electron chi connectivity index (χ0n) is 16.0. The second kappa shape index (κ2) is 8.45. The molecule has 1 aromatic heterocycles. The molecule has 0 fully saturated rings. The molecule has 0 spiro atoms. The number of amides is 2. The molecule has 0 bridgehead atoms. The van der Waals surface area contributed by atoms with Crippen molar-refractivity contribution < 1.29 is 9.59 Å². The summed E-state index contributed by atoms with van der Waals surface area (Å²) in [5.41, 5.74) is 3.95. The molecule has 0 saturated carbocycles. The van der Waals surface area contributed by atoms with E-state index in [0.29, 0.717) is 18.7 Å². The number of nitrogens with one attached hydrogen (secondary N) is 1. The van der Waals surface area contributed by atoms with Crippen molar-refractivity contribution in [3.63, 3.8) is 0 Å². The Morgan fingerprint density at radius 2 is 1.86 bits per heavy atom. The maximum atomic E-state index is 13.4. The van der Waals surface area contributed by atoms with E-state index in [9.17, 15) is 9.59 Å². The summed E-state index contributed by atoms with van der Waals surface area (Å²) in [6.45, 7) is 4.55. The molecule has 1 unspecified atom stereocenters. The number of benzene rings is 2. The number of rotatable bonds is 5. The van der Waals surface area contributed by atoms with Crippen molar-refractivity contribution in [2.75, 3.05) is 6.54 Å². The second-order valence-electron chi connectivity index (χ2n) is 6.98. The molecule has 0 radical (unpaired) electrons. The van der Waals surface area contributed by atoms with Gasteiger partial charge in [-0.15, -0.1) is 11.3 Å². The van der Waals surface area contributed by atoms with Gasteiger partial charge in [0.15, 0.2) is 0 Å². The Kier molecular flexibility index (Phi) is 5.58. The average Bonchev–Trinajstić information content (AvgIpc) is 3.26. The molecule has 5 heteroatoms. The Morgan fingerprint density at radius 1 is 1.10 bits per heavy atom. The first kappa shape index (κ1) is 19.2. The van der Waals surface area contributed by atoms with Crippen molar-refractivity contribution in [1.82, 2.24) is 10.2 Å². The zero-order chi connectivity index (χ0) is 20.2. The van der Waals surface area contributed by atoms with Gasteiger partial charge in [0.05, 0.1) is 6.04 Å². The van der Waals surface area contributed by atoms with Crippen LogP contribution in [0.5, 0.6) is 0 Å². The lowest BCUT2D eigenvalue weighted by atomic mass is 9.92. The van der Waals surface area contributed by atoms with Crippen LogP contribution in [0.25, 0.3) is 0 Å². The molecule has 2 aromatic carbocycles. The van der Waals surface area contributed by atoms with Gasteiger partial charge in [0.25, 0.3) is 5.91 Å². The summed E-state index contributed by atoms with van der Waals surface area (Å²) in [4.78, 5) is 28.0. The van der Waals surface area contributed by atoms with Crippen molar-refractivity contribution in [3.05, 3.63) is 106 Å². The van der Waals surface area contributed by atoms with Crippen molar-refractivity contribution in [1.29, 1.82) is 0 Å². The van der Waals surface area contributed by atoms with E-state index < -0.39 is 0 Å². The van der Waals surface area contributed by atoms with Crippen molar-refractivity contribution in [2.24, 2.45) is 0 Å². The molecule has 1 aliphatic rings. The molecule has 0 aliphatic carbocycles. The number of carbonyl (C=O) groups is 2. The second-order valence-corrected chi connectivity index (χ2v) is 7.98. The number of hydrogen-bond acceptors (Lipinski definition) is 3. The van der Waals surface area contributed by atoms with Gasteiger partial charge >= 0.3 is 0 Å². The normalized spacial score (nSPS) is 15.4. The lowest BCUT2D eigenvalue weighted by Gasteiger charge is -2.36. The van der Waals surface area contributed by atoms with E-state index in [1.165, 1.54) is 16.5 Å². The zero-order valence-corrected chi connectivity index (χ0v) is 16.8. The molecule has 29 heavy (non-hydrogen) atoms. The van der Waals surface area contributed by atoms with Gasteiger partial charge in [-0.3, -0.25) is 9.59 Å². The minimum absolute atomic E-state index is 0.0254. The van der Waals surface area contributed by atoms with Crippen LogP contribution in [0.3, 0.4) is 0 Å². The maximum absolute atomic E-state index is 13.4. The molecule has 4 rings (SSSR count). The number of hydrogen-bond donors (Lipinski definition) is 1. The van der Waals surface area contributed by atoms with Crippen LogP contribution in [-0.4, -0.2) is 23.3 Å². The van der Waals surface area contributed by atoms with Gasteiger partial charge in [0, 0.05) is 23.5 Å². The Morgan fingerprint density at radius 3 is 2.59 bits per heavy atom. The topological polar surface area (TPSA) is 49.4 Å². The van der Waals surface area contributed by atoms with Gasteiger partial charge in [0.2, 0.25) is 5.91 Å². The SMILES string of the molecule is C=CC(=O)NCc1ccc(C(=O)N2CCc3sccc3C2c2ccccc2)cc1. The third-order valence-corrected chi connectivity index (χ3v) is 6.19. The van der Waals surface area contributed by atoms with Gasteiger partial charge < -0.3 is 10.2 Å². The van der Waals surface area contributed by atoms with Crippen LogP contribution in [0.1, 0.15) is 38.0 Å². The van der Waals surface area contributed by atoms with E-state index in [0.717, 1.165) is 17.5 Å². The summed E-state index contributed by atoms with van der Waals surface area (Å²) in [7, 11) is 0. The van der Waals surface area contributed by atoms with Crippen LogP contribution in [0, 0.1) is 0 Å². The highest BCUT2D eigenvalue weighted by atomic mass is 32.1. The van der Waals surface area contributed by atoms with Crippen LogP contribution in [-0.2, 0) is 17.8 Å². The molecule has 0 saturated heterocycles. The Bertz CT molecular complexity index is 1020. The number of thiophene rings is 1. The molecule has 2 heterocycles. The molecule has 1 atom stereocenters. The Balaban J connectivity index is 1.59. The van der Waals surface area contributed by atoms with E-state index in [-0.39, 0.29) is 17.9 Å². The standard InChI is InChI=1S/C24H22N2O2S/c1-2-22(27)25-16-17-8-10-19(11-9-17)24(28)26-14-12-21-20(13-15-29-21)23(26)18-6-4-3-5-7-18/h2-11,13,15,23H,1,12,14,16H2,(H,25,27). The van der Waals surface area contributed by atoms with Gasteiger partial charge in [-0.25, -0.2) is 0 Å². The summed E-state index contributed by atoms with van der Waals surface area (Å²) < 4.78 is 0. The van der Waals surface area contributed by atoms with E-state index >= 15 is 0 Å². The summed E-state index contributed by atoms with van der Waals surface area (Å²) in [5, 5.41) is 4.86. The highest BCUT2D eigenvalue weighted by molar-refractivity contribution is 7.10. The number of nitrogens with zero attached hydrogens (tertiary/aromatic N) is 1. The van der Waals surface area contributed by atoms with Crippen LogP contribution in [0.4, 0.5) is 0 Å². The molecular weight excluding hydrogens is 380 g/mol. The van der Waals surface area contributed by atoms with E-state index in [1.807, 2.05) is 47.4 Å². The van der Waals surface area contributed by atoms with E-state index in [1.54, 1.807) is 11.3 Å². The van der Waals surface area contributed by atoms with Gasteiger partial charge in [-0.05, 0) is 52.8 Å². The largest absolute Gasteiger partial charge is 0.348 e. The lowest BCUT2D eigenvalue weighted by Crippen LogP contribution is -2.40. The van der Waals surface area contributed by atoms with Crippen LogP contribution >= 0.6 is 11.3 Å². The summed E-state index contributed by atoms with van der Waals surface area (Å²) in [6.07, 6.45) is 2.13. The fraction of sp³-hybridized carbons (Fsp3) is 0.167. The number of carbonyl (C=O) groups excluding carboxylic acids is 2. The van der Waals surface area contributed by atoms with Crippen molar-refractivity contribution >= 4 is 23.2 Å². The fourth-order valence-electron chi connectivity index (χ4n) is 3.72. The molecule has 146 valence electrons. The van der Waals surface area contributed by atoms with Crippen LogP contribution < -0.4 is 5.32 Å². The fourth-order valence-corrected chi connectivity index (χ4v) is 4.63. The molecule has 1 aliphatic heterocycles. The van der Waals surface area contributed by atoms with Crippen molar-refractivity contribution in [3.8, 4) is 0 Å². The summed E-state index contributed by atoms with van der Waals surface area (Å²) >= 11 is 1.77. The molecule has 2 amide bonds. The summed E-state index contributed by atoms with van der Waals surface area (Å²) in [6, 6.07) is 19.7. The molecule has 3 aromatic rings. The quantitative estimate of drug-likeness (QED) is 0.646. The predicted octanol–water partition coefficient (Wildman–Crippen LogP) is 4.34. The Hall–Kier alpha value is -3.18. The van der Waals surface area contributed by atoms with Crippen molar-refractivity contribution in [2.45, 2.75) is 19.0 Å². The van der Waals surface area contributed by atoms with Gasteiger partial charge in [0.1, 0.15) is 0 Å². The third kappa shape index (κ3) is 4.00. The highest BCUT2D eigenvalue weighted by Gasteiger charge is 2.33. The third-order valence-electron chi connectivity index (χ3n) is 5.20. The molecular formula is C24H22N2O2S. The molecule has 1 N–H and O–H groups in total. The minimum Gasteiger partial charge on any atom is -0.348 e. The monoisotopic (exact) mass is 402 g/mol. The Labute approximate surface area is 174 Å². The average molecular weight is 403 g/mol. The lowest BCUT2D eigenvalue weighted by molar-refractivity contribution is -0.116. The summed E-state index contributed by atoms with van der Waals surface area (Å²) in [5.74, 6) is -0.187. The van der Waals surface area contributed by atoms with E-state index in [2.05, 4.69) is 35.5 Å². The van der Waals surface area contributed by atoms with Crippen LogP contribution in [0.2, 0.25) is 0 Å². The smallest absolute Gasteiger partial charge is 0.254 e. The van der Waals surface area contributed by atoms with E-state index in [4.69, 9.17) is 0 Å². The highest BCUT2D eigenvalue weighted by Crippen LogP contribution is 2.38. The molecule has 4 nitrogen and oxygen atoms in total.